The van der Waals surface area contributed by atoms with Crippen molar-refractivity contribution in [1.29, 1.82) is 0 Å². The molecule has 0 bridgehead atoms. The predicted octanol–water partition coefficient (Wildman–Crippen LogP) is 9.12. The molecule has 0 atom stereocenters. The SMILES string of the molecule is CC(C)[Si]1(C(C)C)O[Si](C(C)C)(C(C)C)O[Si](C(C)C)(C(C)C)O[Si](C(C)C)(C(C)C)O1. The second kappa shape index (κ2) is 10.8. The van der Waals surface area contributed by atoms with Gasteiger partial charge in [-0.2, -0.15) is 0 Å². The van der Waals surface area contributed by atoms with Crippen LogP contribution in [0.5, 0.6) is 0 Å². The molecule has 1 rings (SSSR count). The Morgan fingerprint density at radius 1 is 0.250 bits per heavy atom. The number of hydrogen-bond acceptors (Lipinski definition) is 4. The second-order valence-corrected chi connectivity index (χ2v) is 30.8. The first-order valence-corrected chi connectivity index (χ1v) is 21.1. The maximum atomic E-state index is 7.65. The minimum atomic E-state index is -2.68. The summed E-state index contributed by atoms with van der Waals surface area (Å²) in [6, 6.07) is 0. The van der Waals surface area contributed by atoms with Crippen molar-refractivity contribution >= 4 is 34.2 Å². The molecule has 1 aliphatic heterocycles. The van der Waals surface area contributed by atoms with Gasteiger partial charge in [0.15, 0.2) is 0 Å². The van der Waals surface area contributed by atoms with Gasteiger partial charge in [0.25, 0.3) is 0 Å². The molecule has 0 aromatic heterocycles. The van der Waals surface area contributed by atoms with Crippen molar-refractivity contribution in [3.63, 3.8) is 0 Å². The summed E-state index contributed by atoms with van der Waals surface area (Å²) in [5, 5.41) is 0. The third kappa shape index (κ3) is 5.13. The van der Waals surface area contributed by atoms with Crippen LogP contribution in [-0.2, 0) is 16.5 Å². The topological polar surface area (TPSA) is 36.9 Å². The molecule has 0 spiro atoms. The van der Waals surface area contributed by atoms with E-state index in [1.807, 2.05) is 0 Å². The molecule has 8 heteroatoms. The first-order valence-electron chi connectivity index (χ1n) is 13.2. The van der Waals surface area contributed by atoms with Gasteiger partial charge >= 0.3 is 34.2 Å². The average molecular weight is 521 g/mol. The molecular weight excluding hydrogens is 465 g/mol. The van der Waals surface area contributed by atoms with Gasteiger partial charge in [-0.1, -0.05) is 111 Å². The van der Waals surface area contributed by atoms with Crippen molar-refractivity contribution < 1.29 is 16.5 Å². The highest BCUT2D eigenvalue weighted by molar-refractivity contribution is 6.97. The normalized spacial score (nSPS) is 23.2. The minimum absolute atomic E-state index is 0.329. The number of hydrogen-bond donors (Lipinski definition) is 0. The maximum Gasteiger partial charge on any atom is 0.325 e. The summed E-state index contributed by atoms with van der Waals surface area (Å²) in [4.78, 5) is 0. The van der Waals surface area contributed by atoms with Crippen molar-refractivity contribution in [2.45, 2.75) is 155 Å². The number of rotatable bonds is 8. The lowest BCUT2D eigenvalue weighted by Gasteiger charge is -2.60. The molecule has 0 aromatic rings. The van der Waals surface area contributed by atoms with Crippen LogP contribution in [0.1, 0.15) is 111 Å². The third-order valence-electron chi connectivity index (χ3n) is 7.71. The Balaban J connectivity index is 4.11. The lowest BCUT2D eigenvalue weighted by Crippen LogP contribution is -2.75. The van der Waals surface area contributed by atoms with Gasteiger partial charge in [-0.25, -0.2) is 0 Å². The van der Waals surface area contributed by atoms with E-state index in [0.29, 0.717) is 44.3 Å². The van der Waals surface area contributed by atoms with Gasteiger partial charge in [-0.15, -0.1) is 0 Å². The zero-order chi connectivity index (χ0) is 25.4. The first kappa shape index (κ1) is 30.7. The molecule has 1 fully saturated rings. The van der Waals surface area contributed by atoms with Crippen molar-refractivity contribution in [3.8, 4) is 0 Å². The molecule has 1 aliphatic rings. The van der Waals surface area contributed by atoms with Crippen molar-refractivity contribution in [1.82, 2.24) is 0 Å². The van der Waals surface area contributed by atoms with Crippen molar-refractivity contribution in [2.75, 3.05) is 0 Å². The molecule has 0 N–H and O–H groups in total. The Bertz CT molecular complexity index is 451. The Morgan fingerprint density at radius 2 is 0.344 bits per heavy atom. The molecule has 0 saturated carbocycles. The summed E-state index contributed by atoms with van der Waals surface area (Å²) in [6.45, 7) is 36.9. The van der Waals surface area contributed by atoms with E-state index in [9.17, 15) is 0 Å². The van der Waals surface area contributed by atoms with Crippen LogP contribution in [0.3, 0.4) is 0 Å². The largest absolute Gasteiger partial charge is 0.415 e. The van der Waals surface area contributed by atoms with Crippen LogP contribution in [0.2, 0.25) is 44.3 Å². The smallest absolute Gasteiger partial charge is 0.325 e. The average Bonchev–Trinajstić information content (AvgIpc) is 2.60. The maximum absolute atomic E-state index is 7.65. The monoisotopic (exact) mass is 520 g/mol. The molecule has 4 nitrogen and oxygen atoms in total. The van der Waals surface area contributed by atoms with E-state index < -0.39 is 34.2 Å². The standard InChI is InChI=1S/C24H56O4Si4/c1-17(2)29(18(3)4)25-30(19(5)6,20(7)8)27-32(23(13)14,24(15)16)28-31(26-29,21(9)10)22(11)12/h17-24H,1-16H3. The third-order valence-corrected chi connectivity index (χ3v) is 30.8. The van der Waals surface area contributed by atoms with Crippen LogP contribution in [0.25, 0.3) is 0 Å². The van der Waals surface area contributed by atoms with Crippen LogP contribution in [0.15, 0.2) is 0 Å². The minimum Gasteiger partial charge on any atom is -0.415 e. The highest BCUT2D eigenvalue weighted by atomic mass is 28.5. The molecule has 0 aromatic carbocycles. The van der Waals surface area contributed by atoms with Gasteiger partial charge in [0.05, 0.1) is 0 Å². The van der Waals surface area contributed by atoms with Crippen LogP contribution >= 0.6 is 0 Å². The molecule has 0 amide bonds. The van der Waals surface area contributed by atoms with E-state index in [1.165, 1.54) is 0 Å². The quantitative estimate of drug-likeness (QED) is 0.299. The zero-order valence-electron chi connectivity index (χ0n) is 24.3. The van der Waals surface area contributed by atoms with Crippen molar-refractivity contribution in [2.24, 2.45) is 0 Å². The second-order valence-electron chi connectivity index (χ2n) is 12.5. The molecule has 1 heterocycles. The summed E-state index contributed by atoms with van der Waals surface area (Å²) in [7, 11) is -10.7. The summed E-state index contributed by atoms with van der Waals surface area (Å²) in [5.41, 5.74) is 2.63. The molecule has 192 valence electrons. The van der Waals surface area contributed by atoms with Gasteiger partial charge in [0.2, 0.25) is 0 Å². The van der Waals surface area contributed by atoms with Gasteiger partial charge in [-0.3, -0.25) is 0 Å². The van der Waals surface area contributed by atoms with Gasteiger partial charge < -0.3 is 16.5 Å². The van der Waals surface area contributed by atoms with Gasteiger partial charge in [0, 0.05) is 0 Å². The van der Waals surface area contributed by atoms with E-state index in [1.54, 1.807) is 0 Å². The molecule has 0 aliphatic carbocycles. The van der Waals surface area contributed by atoms with Gasteiger partial charge in [-0.05, 0) is 44.3 Å². The predicted molar refractivity (Wildman–Crippen MR) is 148 cm³/mol. The van der Waals surface area contributed by atoms with Crippen LogP contribution in [0, 0.1) is 0 Å². The summed E-state index contributed by atoms with van der Waals surface area (Å²) < 4.78 is 30.6. The molecule has 1 saturated heterocycles. The fraction of sp³-hybridized carbons (Fsp3) is 1.00. The lowest BCUT2D eigenvalue weighted by molar-refractivity contribution is 0.174. The molecular formula is C24H56O4Si4. The molecule has 0 radical (unpaired) electrons. The molecule has 0 unspecified atom stereocenters. The fourth-order valence-electron chi connectivity index (χ4n) is 5.63. The lowest BCUT2D eigenvalue weighted by atomic mass is 10.5. The Hall–Kier alpha value is 0.708. The zero-order valence-corrected chi connectivity index (χ0v) is 28.3. The van der Waals surface area contributed by atoms with Crippen LogP contribution in [-0.4, -0.2) is 34.2 Å². The Morgan fingerprint density at radius 3 is 0.406 bits per heavy atom. The van der Waals surface area contributed by atoms with E-state index in [2.05, 4.69) is 111 Å². The highest BCUT2D eigenvalue weighted by Gasteiger charge is 2.68. The van der Waals surface area contributed by atoms with E-state index in [4.69, 9.17) is 16.5 Å². The van der Waals surface area contributed by atoms with Crippen LogP contribution in [0.4, 0.5) is 0 Å². The Kier molecular flexibility index (Phi) is 10.3. The molecule has 32 heavy (non-hydrogen) atoms. The van der Waals surface area contributed by atoms with Crippen molar-refractivity contribution in [3.05, 3.63) is 0 Å². The summed E-state index contributed by atoms with van der Waals surface area (Å²) in [5.74, 6) is 0. The highest BCUT2D eigenvalue weighted by Crippen LogP contribution is 2.55. The van der Waals surface area contributed by atoms with Crippen LogP contribution < -0.4 is 0 Å². The summed E-state index contributed by atoms with van der Waals surface area (Å²) >= 11 is 0. The van der Waals surface area contributed by atoms with E-state index in [-0.39, 0.29) is 0 Å². The fourth-order valence-corrected chi connectivity index (χ4v) is 36.2. The Labute approximate surface area is 205 Å². The summed E-state index contributed by atoms with van der Waals surface area (Å²) in [6.07, 6.45) is 0. The van der Waals surface area contributed by atoms with E-state index in [0.717, 1.165) is 0 Å². The van der Waals surface area contributed by atoms with E-state index >= 15 is 0 Å². The first-order chi connectivity index (χ1) is 14.4. The van der Waals surface area contributed by atoms with Gasteiger partial charge in [0.1, 0.15) is 0 Å².